The molecule has 0 saturated heterocycles. The van der Waals surface area contributed by atoms with Gasteiger partial charge >= 0.3 is 0 Å². The first-order valence-corrected chi connectivity index (χ1v) is 28.6. The number of pyridine rings is 2. The van der Waals surface area contributed by atoms with Crippen LogP contribution in [0.4, 0.5) is 0 Å². The number of hydrogen-bond donors (Lipinski definition) is 0. The molecule has 2 unspecified atom stereocenters. The molecule has 2 aromatic carbocycles. The second kappa shape index (κ2) is 19.8. The van der Waals surface area contributed by atoms with Crippen molar-refractivity contribution in [1.82, 2.24) is 28.2 Å². The number of aromatic nitrogens is 6. The predicted molar refractivity (Wildman–Crippen MR) is 320 cm³/mol. The lowest BCUT2D eigenvalue weighted by Gasteiger charge is -2.19. The molecule has 388 valence electrons. The van der Waals surface area contributed by atoms with Crippen molar-refractivity contribution < 1.29 is 4.74 Å². The lowest BCUT2D eigenvalue weighted by atomic mass is 9.86. The highest BCUT2D eigenvalue weighted by atomic mass is 16.5. The van der Waals surface area contributed by atoms with E-state index in [1.54, 1.807) is 11.1 Å². The van der Waals surface area contributed by atoms with E-state index in [0.29, 0.717) is 25.1 Å². The molecule has 7 nitrogen and oxygen atoms in total. The van der Waals surface area contributed by atoms with E-state index in [1.165, 1.54) is 136 Å². The molecule has 6 heterocycles. The van der Waals surface area contributed by atoms with Crippen LogP contribution in [0.3, 0.4) is 0 Å². The van der Waals surface area contributed by atoms with E-state index < -0.39 is 0 Å². The summed E-state index contributed by atoms with van der Waals surface area (Å²) < 4.78 is 16.2. The quantitative estimate of drug-likeness (QED) is 0.0907. The van der Waals surface area contributed by atoms with E-state index in [-0.39, 0.29) is 0 Å². The topological polar surface area (TPSA) is 54.7 Å². The predicted octanol–water partition coefficient (Wildman–Crippen LogP) is 18.2. The molecule has 12 rings (SSSR count). The van der Waals surface area contributed by atoms with Crippen molar-refractivity contribution >= 4 is 60.5 Å². The van der Waals surface area contributed by atoms with Gasteiger partial charge in [-0.2, -0.15) is 0 Å². The largest absolute Gasteiger partial charge is 0.498 e. The summed E-state index contributed by atoms with van der Waals surface area (Å²) in [7, 11) is 0. The highest BCUT2D eigenvalue weighted by molar-refractivity contribution is 6.15. The van der Waals surface area contributed by atoms with Gasteiger partial charge in [-0.25, -0.2) is 0 Å². The highest BCUT2D eigenvalue weighted by Crippen LogP contribution is 2.48. The Balaban J connectivity index is 1.05. The molecule has 0 amide bonds. The van der Waals surface area contributed by atoms with E-state index in [1.807, 2.05) is 6.20 Å². The number of hydrogen-bond acceptors (Lipinski definition) is 3. The number of nitrogens with zero attached hydrogens (tertiary/aromatic N) is 6. The Bertz CT molecular complexity index is 3870. The summed E-state index contributed by atoms with van der Waals surface area (Å²) >= 11 is 0. The maximum atomic E-state index is 6.09. The van der Waals surface area contributed by atoms with Crippen LogP contribution < -0.4 is 0 Å². The van der Waals surface area contributed by atoms with Gasteiger partial charge in [-0.05, 0) is 179 Å². The van der Waals surface area contributed by atoms with Crippen LogP contribution in [0.2, 0.25) is 0 Å². The molecule has 4 aliphatic carbocycles. The van der Waals surface area contributed by atoms with Crippen molar-refractivity contribution in [2.24, 2.45) is 5.92 Å². The van der Waals surface area contributed by atoms with Gasteiger partial charge in [-0.1, -0.05) is 106 Å². The van der Waals surface area contributed by atoms with Crippen molar-refractivity contribution in [2.45, 2.75) is 153 Å². The lowest BCUT2D eigenvalue weighted by molar-refractivity contribution is 0.227. The average Bonchev–Trinajstić information content (AvgIpc) is 4.29. The van der Waals surface area contributed by atoms with Gasteiger partial charge in [0.15, 0.2) is 0 Å². The van der Waals surface area contributed by atoms with Crippen LogP contribution >= 0.6 is 0 Å². The highest BCUT2D eigenvalue weighted by Gasteiger charge is 2.32. The minimum atomic E-state index is 0.455. The summed E-state index contributed by atoms with van der Waals surface area (Å²) in [6.45, 7) is 26.4. The second-order valence-corrected chi connectivity index (χ2v) is 22.8. The zero-order valence-corrected chi connectivity index (χ0v) is 47.0. The van der Waals surface area contributed by atoms with E-state index in [2.05, 4.69) is 192 Å². The lowest BCUT2D eigenvalue weighted by Crippen LogP contribution is -2.10. The van der Waals surface area contributed by atoms with Gasteiger partial charge in [0.2, 0.25) is 0 Å². The molecule has 8 aromatic rings. The Morgan fingerprint density at radius 3 is 1.96 bits per heavy atom. The van der Waals surface area contributed by atoms with Crippen molar-refractivity contribution in [3.05, 3.63) is 182 Å². The van der Waals surface area contributed by atoms with Gasteiger partial charge < -0.3 is 23.0 Å². The molecule has 0 spiro atoms. The molecule has 7 heteroatoms. The van der Waals surface area contributed by atoms with Crippen LogP contribution in [0.15, 0.2) is 126 Å². The number of ether oxygens (including phenoxy) is 1. The van der Waals surface area contributed by atoms with Crippen LogP contribution in [0.25, 0.3) is 71.8 Å². The van der Waals surface area contributed by atoms with Crippen LogP contribution in [-0.4, -0.2) is 34.8 Å². The molecule has 0 N–H and O–H groups in total. The third kappa shape index (κ3) is 8.22. The Morgan fingerprint density at radius 2 is 1.25 bits per heavy atom. The van der Waals surface area contributed by atoms with E-state index >= 15 is 0 Å². The summed E-state index contributed by atoms with van der Waals surface area (Å²) in [6.07, 6.45) is 41.4. The summed E-state index contributed by atoms with van der Waals surface area (Å²) in [5.74, 6) is 1.98. The van der Waals surface area contributed by atoms with Crippen LogP contribution in [0, 0.1) is 47.5 Å². The van der Waals surface area contributed by atoms with E-state index in [0.717, 1.165) is 67.4 Å². The third-order valence-electron chi connectivity index (χ3n) is 17.7. The first-order chi connectivity index (χ1) is 36.9. The van der Waals surface area contributed by atoms with Gasteiger partial charge in [-0.3, -0.25) is 9.97 Å². The molecular formula is C69H76N6O. The Morgan fingerprint density at radius 1 is 0.605 bits per heavy atom. The zero-order chi connectivity index (χ0) is 52.7. The Hall–Kier alpha value is -7.12. The van der Waals surface area contributed by atoms with Crippen molar-refractivity contribution in [1.29, 1.82) is 0 Å². The number of rotatable bonds is 16. The molecular weight excluding hydrogens is 929 g/mol. The van der Waals surface area contributed by atoms with Crippen molar-refractivity contribution in [2.75, 3.05) is 6.61 Å². The van der Waals surface area contributed by atoms with Crippen LogP contribution in [-0.2, 0) is 11.4 Å². The Kier molecular flexibility index (Phi) is 12.9. The normalized spacial score (nSPS) is 17.6. The van der Waals surface area contributed by atoms with E-state index in [9.17, 15) is 0 Å². The molecule has 4 aliphatic rings. The van der Waals surface area contributed by atoms with Crippen LogP contribution in [0.5, 0.6) is 0 Å². The minimum absolute atomic E-state index is 0.455. The number of benzene rings is 2. The van der Waals surface area contributed by atoms with Crippen molar-refractivity contribution in [3.8, 4) is 11.4 Å². The number of aryl methyl sites for hydroxylation is 4. The summed E-state index contributed by atoms with van der Waals surface area (Å²) in [4.78, 5) is 10.4. The molecule has 0 saturated carbocycles. The average molecular weight is 1010 g/mol. The molecule has 0 aliphatic heterocycles. The van der Waals surface area contributed by atoms with Gasteiger partial charge in [0.05, 0.1) is 51.0 Å². The fourth-order valence-electron chi connectivity index (χ4n) is 14.0. The van der Waals surface area contributed by atoms with Crippen LogP contribution in [0.1, 0.15) is 161 Å². The molecule has 6 aromatic heterocycles. The summed E-state index contributed by atoms with van der Waals surface area (Å²) in [6, 6.07) is 9.17. The van der Waals surface area contributed by atoms with Gasteiger partial charge in [-0.15, -0.1) is 0 Å². The van der Waals surface area contributed by atoms with Gasteiger partial charge in [0, 0.05) is 71.2 Å². The molecule has 0 radical (unpaired) electrons. The van der Waals surface area contributed by atoms with Crippen molar-refractivity contribution in [3.63, 3.8) is 0 Å². The maximum Gasteiger partial charge on any atom is 0.100 e. The minimum Gasteiger partial charge on any atom is -0.498 e. The maximum absolute atomic E-state index is 6.09. The third-order valence-corrected chi connectivity index (χ3v) is 17.7. The molecule has 2 atom stereocenters. The number of fused-ring (bicyclic) bond motifs is 6. The summed E-state index contributed by atoms with van der Waals surface area (Å²) in [5.41, 5.74) is 30.0. The number of allylic oxidation sites excluding steroid dienone is 13. The zero-order valence-electron chi connectivity index (χ0n) is 47.0. The van der Waals surface area contributed by atoms with Gasteiger partial charge in [0.1, 0.15) is 12.4 Å². The molecule has 0 fully saturated rings. The fourth-order valence-corrected chi connectivity index (χ4v) is 14.0. The smallest absolute Gasteiger partial charge is 0.100 e. The Labute approximate surface area is 450 Å². The summed E-state index contributed by atoms with van der Waals surface area (Å²) in [5, 5.41) is 3.64. The SMILES string of the molecule is CCCC1=CC=C(c2cn(-c3c(C)c(C)c(C)c4c3c3nc(C)ccc3n4Cn3c4ccncc4c4c(-n5cc(C6=CC=C(CCC)C6)c(C6CC(CCC)=CC6C)c5)c(C)cc(C)c43)cc2C2=CC=C(OCC)C2)C1. The molecule has 0 bridgehead atoms. The first-order valence-electron chi connectivity index (χ1n) is 28.6. The monoisotopic (exact) mass is 1000 g/mol. The standard InChI is InChI=1S/C69H76N6O/c1-12-16-48-20-22-51(31-48)57-36-73(37-58(57)53-24-25-54(34-53)76-15-4)68-46(10)45(9)47(11)69-64(68)65-62(26-19-44(8)71-65)75(69)40-74-61-27-28-70-35-56(61)63-66(42(6)29-43(7)67(63)74)72-38-59(52-23-21-49(32-52)17-13-2)60(39-72)55-33-50(18-14-3)30-41(55)5/h19-30,35-39,41,55H,12-18,31-34,40H2,1-11H3. The first kappa shape index (κ1) is 49.7. The van der Waals surface area contributed by atoms with E-state index in [4.69, 9.17) is 14.7 Å². The second-order valence-electron chi connectivity index (χ2n) is 22.8. The fraction of sp³-hybridized carbons (Fsp3) is 0.362. The van der Waals surface area contributed by atoms with Gasteiger partial charge in [0.25, 0.3) is 0 Å². The molecule has 76 heavy (non-hydrogen) atoms.